The van der Waals surface area contributed by atoms with Crippen molar-refractivity contribution in [3.05, 3.63) is 101 Å². The minimum Gasteiger partial charge on any atom is -0.264 e. The molecule has 0 radical (unpaired) electrons. The molecule has 0 aliphatic heterocycles. The molecule has 1 aliphatic carbocycles. The minimum absolute atomic E-state index is 0.160. The van der Waals surface area contributed by atoms with Gasteiger partial charge in [-0.2, -0.15) is 4.57 Å². The first-order valence-corrected chi connectivity index (χ1v) is 13.9. The lowest BCUT2D eigenvalue weighted by Gasteiger charge is -2.25. The molecule has 3 nitrogen and oxygen atoms in total. The van der Waals surface area contributed by atoms with Crippen molar-refractivity contribution in [1.82, 2.24) is 9.55 Å². The summed E-state index contributed by atoms with van der Waals surface area (Å²) in [5, 5.41) is 0. The molecule has 0 saturated carbocycles. The fourth-order valence-corrected chi connectivity index (χ4v) is 6.72. The van der Waals surface area contributed by atoms with Crippen LogP contribution in [-0.4, -0.2) is 9.55 Å². The Hall–Kier alpha value is -3.72. The van der Waals surface area contributed by atoms with Crippen LogP contribution in [0.2, 0.25) is 0 Å². The molecule has 192 valence electrons. The number of aryl methyl sites for hydroxylation is 2. The topological polar surface area (TPSA) is 21.7 Å². The molecule has 5 aromatic rings. The highest BCUT2D eigenvalue weighted by Gasteiger charge is 2.42. The molecule has 2 heterocycles. The number of benzene rings is 3. The predicted octanol–water partition coefficient (Wildman–Crippen LogP) is 8.38. The maximum absolute atomic E-state index is 4.53. The van der Waals surface area contributed by atoms with E-state index < -0.39 is 0 Å². The molecule has 0 atom stereocenters. The van der Waals surface area contributed by atoms with Gasteiger partial charge in [-0.1, -0.05) is 84.0 Å². The first kappa shape index (κ1) is 24.6. The van der Waals surface area contributed by atoms with E-state index in [1.807, 2.05) is 6.20 Å². The SMILES string of the molecule is Cc1ccc2c(c1-c1n(-c3c(C(C)C)cccc3C(C)C)c3ccccc3[n+]1C)C(C)(C)c1cnccc1-2. The van der Waals surface area contributed by atoms with Crippen molar-refractivity contribution in [2.75, 3.05) is 0 Å². The van der Waals surface area contributed by atoms with Gasteiger partial charge in [-0.25, -0.2) is 4.57 Å². The van der Waals surface area contributed by atoms with Gasteiger partial charge in [0.2, 0.25) is 0 Å². The second-order valence-corrected chi connectivity index (χ2v) is 12.0. The van der Waals surface area contributed by atoms with Crippen molar-refractivity contribution in [3.63, 3.8) is 0 Å². The summed E-state index contributed by atoms with van der Waals surface area (Å²) in [7, 11) is 2.23. The molecule has 0 bridgehead atoms. The van der Waals surface area contributed by atoms with Crippen LogP contribution in [-0.2, 0) is 12.5 Å². The van der Waals surface area contributed by atoms with Crippen molar-refractivity contribution in [2.45, 2.75) is 65.7 Å². The van der Waals surface area contributed by atoms with Gasteiger partial charge in [0, 0.05) is 28.9 Å². The fourth-order valence-electron chi connectivity index (χ4n) is 6.72. The zero-order chi connectivity index (χ0) is 26.9. The lowest BCUT2D eigenvalue weighted by molar-refractivity contribution is -0.633. The molecule has 3 heteroatoms. The van der Waals surface area contributed by atoms with E-state index in [0.717, 1.165) is 0 Å². The maximum atomic E-state index is 4.53. The van der Waals surface area contributed by atoms with Gasteiger partial charge in [0.1, 0.15) is 5.69 Å². The molecule has 0 spiro atoms. The van der Waals surface area contributed by atoms with Crippen LogP contribution in [0.15, 0.2) is 73.1 Å². The van der Waals surface area contributed by atoms with E-state index in [1.54, 1.807) is 0 Å². The van der Waals surface area contributed by atoms with E-state index in [4.69, 9.17) is 0 Å². The van der Waals surface area contributed by atoms with Crippen LogP contribution in [0.1, 0.15) is 81.2 Å². The van der Waals surface area contributed by atoms with E-state index in [9.17, 15) is 0 Å². The third kappa shape index (κ3) is 3.34. The lowest BCUT2D eigenvalue weighted by Crippen LogP contribution is -2.32. The van der Waals surface area contributed by atoms with Gasteiger partial charge in [0.15, 0.2) is 11.0 Å². The van der Waals surface area contributed by atoms with Crippen molar-refractivity contribution in [1.29, 1.82) is 0 Å². The Morgan fingerprint density at radius 1 is 0.816 bits per heavy atom. The quantitative estimate of drug-likeness (QED) is 0.227. The van der Waals surface area contributed by atoms with Crippen molar-refractivity contribution < 1.29 is 4.57 Å². The molecule has 0 fully saturated rings. The highest BCUT2D eigenvalue weighted by atomic mass is 15.2. The number of fused-ring (bicyclic) bond motifs is 4. The van der Waals surface area contributed by atoms with Crippen LogP contribution in [0, 0.1) is 6.92 Å². The minimum atomic E-state index is -0.160. The van der Waals surface area contributed by atoms with Crippen LogP contribution in [0.3, 0.4) is 0 Å². The zero-order valence-electron chi connectivity index (χ0n) is 23.9. The summed E-state index contributed by atoms with van der Waals surface area (Å²) >= 11 is 0. The summed E-state index contributed by atoms with van der Waals surface area (Å²) in [5.74, 6) is 2.04. The van der Waals surface area contributed by atoms with Crippen LogP contribution in [0.25, 0.3) is 39.2 Å². The number of hydrogen-bond donors (Lipinski definition) is 0. The second-order valence-electron chi connectivity index (χ2n) is 12.0. The normalized spacial score (nSPS) is 13.9. The Kier molecular flexibility index (Phi) is 5.61. The molecule has 0 N–H and O–H groups in total. The maximum Gasteiger partial charge on any atom is 0.295 e. The van der Waals surface area contributed by atoms with Gasteiger partial charge >= 0.3 is 0 Å². The standard InChI is InChI=1S/C35H38N3/c1-21(2)24-12-11-13-25(22(3)4)33(24)38-30-15-10-9-14-29(30)37(8)34(38)31-23(5)16-17-27-26-18-19-36-20-28(26)35(6,7)32(27)31/h9-22H,1-8H3/q+1. The largest absolute Gasteiger partial charge is 0.295 e. The summed E-state index contributed by atoms with van der Waals surface area (Å²) < 4.78 is 4.98. The summed E-state index contributed by atoms with van der Waals surface area (Å²) in [6, 6.07) is 22.5. The fraction of sp³-hybridized carbons (Fsp3) is 0.314. The first-order valence-electron chi connectivity index (χ1n) is 13.9. The second kappa shape index (κ2) is 8.66. The molecule has 3 aromatic carbocycles. The third-order valence-electron chi connectivity index (χ3n) is 8.63. The Balaban J connectivity index is 1.82. The van der Waals surface area contributed by atoms with Gasteiger partial charge in [0.05, 0.1) is 12.6 Å². The predicted molar refractivity (Wildman–Crippen MR) is 158 cm³/mol. The molecular formula is C35H38N3+. The number of nitrogens with zero attached hydrogens (tertiary/aromatic N) is 3. The highest BCUT2D eigenvalue weighted by molar-refractivity contribution is 5.90. The Morgan fingerprint density at radius 2 is 1.50 bits per heavy atom. The molecule has 38 heavy (non-hydrogen) atoms. The molecule has 6 rings (SSSR count). The number of hydrogen-bond acceptors (Lipinski definition) is 1. The van der Waals surface area contributed by atoms with Crippen LogP contribution in [0.4, 0.5) is 0 Å². The van der Waals surface area contributed by atoms with Gasteiger partial charge in [-0.05, 0) is 64.8 Å². The van der Waals surface area contributed by atoms with Gasteiger partial charge in [0.25, 0.3) is 5.82 Å². The zero-order valence-corrected chi connectivity index (χ0v) is 23.9. The summed E-state index contributed by atoms with van der Waals surface area (Å²) in [6.07, 6.45) is 3.99. The van der Waals surface area contributed by atoms with E-state index >= 15 is 0 Å². The summed E-state index contributed by atoms with van der Waals surface area (Å²) in [4.78, 5) is 4.53. The molecule has 1 aliphatic rings. The Labute approximate surface area is 226 Å². The molecular weight excluding hydrogens is 462 g/mol. The van der Waals surface area contributed by atoms with E-state index in [2.05, 4.69) is 136 Å². The van der Waals surface area contributed by atoms with Crippen molar-refractivity contribution >= 4 is 11.0 Å². The van der Waals surface area contributed by atoms with E-state index in [0.29, 0.717) is 11.8 Å². The number of pyridine rings is 1. The number of rotatable bonds is 4. The molecule has 2 aromatic heterocycles. The summed E-state index contributed by atoms with van der Waals surface area (Å²) in [6.45, 7) is 16.2. The van der Waals surface area contributed by atoms with Crippen LogP contribution < -0.4 is 4.57 Å². The Bertz CT molecular complexity index is 1690. The summed E-state index contributed by atoms with van der Waals surface area (Å²) in [5.41, 5.74) is 14.4. The monoisotopic (exact) mass is 500 g/mol. The highest BCUT2D eigenvalue weighted by Crippen LogP contribution is 2.53. The first-order chi connectivity index (χ1) is 18.1. The van der Waals surface area contributed by atoms with Gasteiger partial charge in [-0.15, -0.1) is 0 Å². The van der Waals surface area contributed by atoms with E-state index in [-0.39, 0.29) is 5.41 Å². The number of aromatic nitrogens is 3. The molecule has 0 unspecified atom stereocenters. The number of para-hydroxylation sites is 3. The van der Waals surface area contributed by atoms with Crippen molar-refractivity contribution in [3.8, 4) is 28.2 Å². The van der Waals surface area contributed by atoms with Crippen molar-refractivity contribution in [2.24, 2.45) is 7.05 Å². The van der Waals surface area contributed by atoms with Crippen LogP contribution >= 0.6 is 0 Å². The van der Waals surface area contributed by atoms with Gasteiger partial charge < -0.3 is 0 Å². The number of imidazole rings is 1. The van der Waals surface area contributed by atoms with Crippen LogP contribution in [0.5, 0.6) is 0 Å². The average molecular weight is 501 g/mol. The third-order valence-corrected chi connectivity index (χ3v) is 8.63. The Morgan fingerprint density at radius 3 is 2.18 bits per heavy atom. The molecule has 0 amide bonds. The smallest absolute Gasteiger partial charge is 0.264 e. The molecule has 0 saturated heterocycles. The van der Waals surface area contributed by atoms with E-state index in [1.165, 1.54) is 67.1 Å². The average Bonchev–Trinajstić information content (AvgIpc) is 3.32. The lowest BCUT2D eigenvalue weighted by atomic mass is 9.79. The van der Waals surface area contributed by atoms with Gasteiger partial charge in [-0.3, -0.25) is 4.98 Å².